The first-order chi connectivity index (χ1) is 12.9. The van der Waals surface area contributed by atoms with E-state index < -0.39 is 5.97 Å². The fourth-order valence-corrected chi connectivity index (χ4v) is 3.01. The Labute approximate surface area is 163 Å². The molecule has 1 unspecified atom stereocenters. The van der Waals surface area contributed by atoms with Gasteiger partial charge in [-0.1, -0.05) is 19.9 Å². The summed E-state index contributed by atoms with van der Waals surface area (Å²) in [5, 5.41) is 4.74. The monoisotopic (exact) mass is 391 g/mol. The van der Waals surface area contributed by atoms with E-state index in [0.717, 1.165) is 4.88 Å². The van der Waals surface area contributed by atoms with Crippen molar-refractivity contribution in [3.63, 3.8) is 0 Å². The predicted molar refractivity (Wildman–Crippen MR) is 104 cm³/mol. The van der Waals surface area contributed by atoms with Gasteiger partial charge in [0.05, 0.1) is 25.3 Å². The minimum Gasteiger partial charge on any atom is -0.493 e. The lowest BCUT2D eigenvalue weighted by Crippen LogP contribution is -2.30. The molecule has 0 fully saturated rings. The van der Waals surface area contributed by atoms with Crippen LogP contribution >= 0.6 is 11.3 Å². The number of ether oxygens (including phenoxy) is 3. The van der Waals surface area contributed by atoms with E-state index >= 15 is 0 Å². The molecule has 0 saturated heterocycles. The highest BCUT2D eigenvalue weighted by molar-refractivity contribution is 7.10. The standard InChI is InChI=1S/C20H25NO5S/c1-13(2)11-25-16-8-7-15(10-17(16)24-4)20(23)26-12-19(22)21-14(3)18-6-5-9-27-18/h5-10,13-14H,11-12H2,1-4H3,(H,21,22). The molecule has 1 aromatic heterocycles. The minimum absolute atomic E-state index is 0.131. The Hall–Kier alpha value is -2.54. The summed E-state index contributed by atoms with van der Waals surface area (Å²) in [7, 11) is 1.51. The van der Waals surface area contributed by atoms with Crippen LogP contribution in [0.4, 0.5) is 0 Å². The van der Waals surface area contributed by atoms with Crippen LogP contribution in [-0.2, 0) is 9.53 Å². The van der Waals surface area contributed by atoms with Gasteiger partial charge in [-0.15, -0.1) is 11.3 Å². The summed E-state index contributed by atoms with van der Waals surface area (Å²) >= 11 is 1.56. The molecule has 0 aliphatic rings. The summed E-state index contributed by atoms with van der Waals surface area (Å²) in [5.74, 6) is 0.427. The quantitative estimate of drug-likeness (QED) is 0.658. The second kappa shape index (κ2) is 9.97. The smallest absolute Gasteiger partial charge is 0.338 e. The molecule has 0 spiro atoms. The molecule has 0 bridgehead atoms. The van der Waals surface area contributed by atoms with Gasteiger partial charge in [-0.2, -0.15) is 0 Å². The van der Waals surface area contributed by atoms with E-state index in [0.29, 0.717) is 29.6 Å². The molecule has 2 aromatic rings. The first-order valence-corrected chi connectivity index (χ1v) is 9.59. The van der Waals surface area contributed by atoms with Gasteiger partial charge < -0.3 is 19.5 Å². The van der Waals surface area contributed by atoms with Crippen molar-refractivity contribution >= 4 is 23.2 Å². The molecular formula is C20H25NO5S. The highest BCUT2D eigenvalue weighted by Gasteiger charge is 2.16. The van der Waals surface area contributed by atoms with E-state index in [1.165, 1.54) is 7.11 Å². The largest absolute Gasteiger partial charge is 0.493 e. The van der Waals surface area contributed by atoms with Gasteiger partial charge in [-0.3, -0.25) is 4.79 Å². The van der Waals surface area contributed by atoms with E-state index in [9.17, 15) is 9.59 Å². The van der Waals surface area contributed by atoms with Crippen LogP contribution in [0.3, 0.4) is 0 Å². The van der Waals surface area contributed by atoms with Crippen molar-refractivity contribution in [3.05, 3.63) is 46.2 Å². The Balaban J connectivity index is 1.90. The van der Waals surface area contributed by atoms with Crippen molar-refractivity contribution < 1.29 is 23.8 Å². The Bertz CT molecular complexity index is 758. The maximum atomic E-state index is 12.2. The van der Waals surface area contributed by atoms with Crippen molar-refractivity contribution in [1.82, 2.24) is 5.32 Å². The van der Waals surface area contributed by atoms with Crippen LogP contribution in [0, 0.1) is 5.92 Å². The van der Waals surface area contributed by atoms with Crippen molar-refractivity contribution in [1.29, 1.82) is 0 Å². The lowest BCUT2D eigenvalue weighted by Gasteiger charge is -2.14. The Morgan fingerprint density at radius 1 is 1.15 bits per heavy atom. The number of benzene rings is 1. The molecule has 0 aliphatic carbocycles. The third kappa shape index (κ3) is 6.29. The SMILES string of the molecule is COc1cc(C(=O)OCC(=O)NC(C)c2cccs2)ccc1OCC(C)C. The van der Waals surface area contributed by atoms with Crippen molar-refractivity contribution in [2.24, 2.45) is 5.92 Å². The zero-order chi connectivity index (χ0) is 19.8. The van der Waals surface area contributed by atoms with Crippen LogP contribution in [0.15, 0.2) is 35.7 Å². The first-order valence-electron chi connectivity index (χ1n) is 8.71. The summed E-state index contributed by atoms with van der Waals surface area (Å²) in [5.41, 5.74) is 0.294. The van der Waals surface area contributed by atoms with Gasteiger partial charge in [0.15, 0.2) is 18.1 Å². The van der Waals surface area contributed by atoms with Gasteiger partial charge in [0.1, 0.15) is 0 Å². The third-order valence-corrected chi connectivity index (χ3v) is 4.71. The van der Waals surface area contributed by atoms with Crippen LogP contribution in [0.2, 0.25) is 0 Å². The zero-order valence-electron chi connectivity index (χ0n) is 16.0. The van der Waals surface area contributed by atoms with E-state index in [-0.39, 0.29) is 18.6 Å². The lowest BCUT2D eigenvalue weighted by atomic mass is 10.2. The van der Waals surface area contributed by atoms with Crippen LogP contribution in [-0.4, -0.2) is 32.2 Å². The summed E-state index contributed by atoms with van der Waals surface area (Å²) in [4.78, 5) is 25.2. The number of carbonyl (C=O) groups is 2. The normalized spacial score (nSPS) is 11.7. The molecule has 1 atom stereocenters. The molecule has 0 aliphatic heterocycles. The average molecular weight is 391 g/mol. The number of hydrogen-bond donors (Lipinski definition) is 1. The van der Waals surface area contributed by atoms with Crippen molar-refractivity contribution in [2.75, 3.05) is 20.3 Å². The molecule has 1 aromatic carbocycles. The van der Waals surface area contributed by atoms with Crippen molar-refractivity contribution in [2.45, 2.75) is 26.8 Å². The van der Waals surface area contributed by atoms with Gasteiger partial charge >= 0.3 is 5.97 Å². The average Bonchev–Trinajstić information content (AvgIpc) is 3.19. The molecule has 1 heterocycles. The van der Waals surface area contributed by atoms with Crippen LogP contribution in [0.1, 0.15) is 42.0 Å². The summed E-state index contributed by atoms with van der Waals surface area (Å²) in [6.07, 6.45) is 0. The summed E-state index contributed by atoms with van der Waals surface area (Å²) < 4.78 is 16.0. The number of carbonyl (C=O) groups excluding carboxylic acids is 2. The van der Waals surface area contributed by atoms with Gasteiger partial charge in [0, 0.05) is 4.88 Å². The molecule has 0 radical (unpaired) electrons. The topological polar surface area (TPSA) is 73.9 Å². The lowest BCUT2D eigenvalue weighted by molar-refractivity contribution is -0.124. The second-order valence-electron chi connectivity index (χ2n) is 6.45. The van der Waals surface area contributed by atoms with E-state index in [1.54, 1.807) is 29.5 Å². The van der Waals surface area contributed by atoms with Gasteiger partial charge in [0.25, 0.3) is 5.91 Å². The van der Waals surface area contributed by atoms with Crippen LogP contribution < -0.4 is 14.8 Å². The first kappa shape index (κ1) is 20.8. The number of nitrogens with one attached hydrogen (secondary N) is 1. The molecule has 2 rings (SSSR count). The number of hydrogen-bond acceptors (Lipinski definition) is 6. The fraction of sp³-hybridized carbons (Fsp3) is 0.400. The Kier molecular flexibility index (Phi) is 7.67. The molecule has 0 saturated carbocycles. The molecule has 1 amide bonds. The highest BCUT2D eigenvalue weighted by Crippen LogP contribution is 2.28. The maximum Gasteiger partial charge on any atom is 0.338 e. The van der Waals surface area contributed by atoms with Gasteiger partial charge in [-0.25, -0.2) is 4.79 Å². The zero-order valence-corrected chi connectivity index (χ0v) is 16.8. The summed E-state index contributed by atoms with van der Waals surface area (Å²) in [6.45, 7) is 6.17. The number of rotatable bonds is 9. The fourth-order valence-electron chi connectivity index (χ4n) is 2.28. The predicted octanol–water partition coefficient (Wildman–Crippen LogP) is 3.83. The van der Waals surface area contributed by atoms with Gasteiger partial charge in [0.2, 0.25) is 0 Å². The second-order valence-corrected chi connectivity index (χ2v) is 7.43. The number of thiophene rings is 1. The van der Waals surface area contributed by atoms with Crippen LogP contribution in [0.25, 0.3) is 0 Å². The minimum atomic E-state index is -0.595. The number of esters is 1. The Morgan fingerprint density at radius 3 is 2.56 bits per heavy atom. The molecular weight excluding hydrogens is 366 g/mol. The number of methoxy groups -OCH3 is 1. The molecule has 6 nitrogen and oxygen atoms in total. The molecule has 1 N–H and O–H groups in total. The third-order valence-electron chi connectivity index (χ3n) is 3.65. The van der Waals surface area contributed by atoms with Crippen molar-refractivity contribution in [3.8, 4) is 11.5 Å². The van der Waals surface area contributed by atoms with E-state index in [1.807, 2.05) is 38.3 Å². The Morgan fingerprint density at radius 2 is 1.93 bits per heavy atom. The number of amides is 1. The van der Waals surface area contributed by atoms with Gasteiger partial charge in [-0.05, 0) is 42.5 Å². The van der Waals surface area contributed by atoms with Crippen LogP contribution in [0.5, 0.6) is 11.5 Å². The van der Waals surface area contributed by atoms with E-state index in [4.69, 9.17) is 14.2 Å². The maximum absolute atomic E-state index is 12.2. The molecule has 146 valence electrons. The molecule has 27 heavy (non-hydrogen) atoms. The highest BCUT2D eigenvalue weighted by atomic mass is 32.1. The van der Waals surface area contributed by atoms with E-state index in [2.05, 4.69) is 5.32 Å². The summed E-state index contributed by atoms with van der Waals surface area (Å²) in [6, 6.07) is 8.53. The molecule has 7 heteroatoms.